The molecule has 0 atom stereocenters. The zero-order valence-electron chi connectivity index (χ0n) is 15.5. The van der Waals surface area contributed by atoms with Crippen molar-refractivity contribution >= 4 is 23.3 Å². The van der Waals surface area contributed by atoms with Crippen LogP contribution in [0.25, 0.3) is 0 Å². The van der Waals surface area contributed by atoms with Gasteiger partial charge in [-0.15, -0.1) is 0 Å². The van der Waals surface area contributed by atoms with Crippen LogP contribution >= 0.6 is 0 Å². The summed E-state index contributed by atoms with van der Waals surface area (Å²) in [5, 5.41) is 13.6. The molecule has 2 aromatic rings. The molecule has 27 heavy (non-hydrogen) atoms. The first-order valence-corrected chi connectivity index (χ1v) is 8.45. The number of nitrogens with one attached hydrogen (secondary N) is 1. The molecule has 0 aliphatic heterocycles. The maximum Gasteiger partial charge on any atom is 0.311 e. The molecule has 0 heterocycles. The Morgan fingerprint density at radius 3 is 2.30 bits per heavy atom. The van der Waals surface area contributed by atoms with Gasteiger partial charge in [0.05, 0.1) is 11.3 Å². The number of nitro groups is 1. The van der Waals surface area contributed by atoms with Gasteiger partial charge in [-0.2, -0.15) is 0 Å². The topological polar surface area (TPSA) is 98.5 Å². The number of nitro benzene ring substituents is 1. The predicted molar refractivity (Wildman–Crippen MR) is 102 cm³/mol. The lowest BCUT2D eigenvalue weighted by atomic mass is 9.87. The van der Waals surface area contributed by atoms with E-state index in [9.17, 15) is 19.7 Å². The first kappa shape index (κ1) is 20.1. The highest BCUT2D eigenvalue weighted by Crippen LogP contribution is 2.23. The molecule has 2 rings (SSSR count). The summed E-state index contributed by atoms with van der Waals surface area (Å²) in [6, 6.07) is 13.3. The van der Waals surface area contributed by atoms with Gasteiger partial charge in [0, 0.05) is 17.3 Å². The first-order chi connectivity index (χ1) is 12.7. The highest BCUT2D eigenvalue weighted by molar-refractivity contribution is 5.92. The Kier molecular flexibility index (Phi) is 6.28. The highest BCUT2D eigenvalue weighted by Gasteiger charge is 2.17. The normalized spacial score (nSPS) is 10.9. The standard InChI is InChI=1S/C20H22N2O5/c1-20(2,3)15-8-10-16(11-9-15)21-18(23)13-27-19(24)12-14-6-4-5-7-17(14)22(25)26/h4-11H,12-13H2,1-3H3,(H,21,23). The minimum Gasteiger partial charge on any atom is -0.455 e. The fraction of sp³-hybridized carbons (Fsp3) is 0.300. The maximum atomic E-state index is 11.9. The number of rotatable bonds is 6. The predicted octanol–water partition coefficient (Wildman–Crippen LogP) is 3.62. The molecule has 1 amide bonds. The lowest BCUT2D eigenvalue weighted by molar-refractivity contribution is -0.385. The van der Waals surface area contributed by atoms with Gasteiger partial charge in [0.25, 0.3) is 11.6 Å². The second-order valence-electron chi connectivity index (χ2n) is 7.10. The number of carbonyl (C=O) groups excluding carboxylic acids is 2. The Morgan fingerprint density at radius 1 is 1.07 bits per heavy atom. The molecule has 0 saturated heterocycles. The van der Waals surface area contributed by atoms with Crippen molar-refractivity contribution in [2.75, 3.05) is 11.9 Å². The van der Waals surface area contributed by atoms with Crippen LogP contribution in [0.5, 0.6) is 0 Å². The molecule has 0 unspecified atom stereocenters. The lowest BCUT2D eigenvalue weighted by Gasteiger charge is -2.19. The summed E-state index contributed by atoms with van der Waals surface area (Å²) in [7, 11) is 0. The third-order valence-electron chi connectivity index (χ3n) is 3.92. The van der Waals surface area contributed by atoms with Crippen molar-refractivity contribution in [3.05, 3.63) is 69.8 Å². The van der Waals surface area contributed by atoms with Gasteiger partial charge < -0.3 is 10.1 Å². The highest BCUT2D eigenvalue weighted by atomic mass is 16.6. The van der Waals surface area contributed by atoms with Crippen molar-refractivity contribution in [3.8, 4) is 0 Å². The second-order valence-corrected chi connectivity index (χ2v) is 7.10. The molecule has 0 fully saturated rings. The molecule has 0 aliphatic carbocycles. The summed E-state index contributed by atoms with van der Waals surface area (Å²) < 4.78 is 4.92. The van der Waals surface area contributed by atoms with E-state index in [2.05, 4.69) is 26.1 Å². The maximum absolute atomic E-state index is 11.9. The van der Waals surface area contributed by atoms with Gasteiger partial charge in [-0.25, -0.2) is 0 Å². The van der Waals surface area contributed by atoms with Crippen molar-refractivity contribution in [3.63, 3.8) is 0 Å². The third-order valence-corrected chi connectivity index (χ3v) is 3.92. The molecule has 0 saturated carbocycles. The van der Waals surface area contributed by atoms with Crippen LogP contribution in [0.4, 0.5) is 11.4 Å². The molecule has 1 N–H and O–H groups in total. The fourth-order valence-electron chi connectivity index (χ4n) is 2.44. The number of anilines is 1. The van der Waals surface area contributed by atoms with E-state index in [-0.39, 0.29) is 23.1 Å². The Morgan fingerprint density at radius 2 is 1.70 bits per heavy atom. The van der Waals surface area contributed by atoms with Crippen molar-refractivity contribution < 1.29 is 19.2 Å². The Hall–Kier alpha value is -3.22. The SMILES string of the molecule is CC(C)(C)c1ccc(NC(=O)COC(=O)Cc2ccccc2[N+](=O)[O-])cc1. The summed E-state index contributed by atoms with van der Waals surface area (Å²) in [5.41, 5.74) is 1.83. The van der Waals surface area contributed by atoms with Crippen molar-refractivity contribution in [1.82, 2.24) is 0 Å². The van der Waals surface area contributed by atoms with E-state index >= 15 is 0 Å². The number of ether oxygens (including phenoxy) is 1. The molecule has 0 aliphatic rings. The van der Waals surface area contributed by atoms with Crippen LogP contribution in [-0.2, 0) is 26.2 Å². The number of amides is 1. The van der Waals surface area contributed by atoms with Gasteiger partial charge in [0.1, 0.15) is 0 Å². The van der Waals surface area contributed by atoms with Gasteiger partial charge >= 0.3 is 5.97 Å². The average Bonchev–Trinajstić information content (AvgIpc) is 2.60. The quantitative estimate of drug-likeness (QED) is 0.476. The van der Waals surface area contributed by atoms with E-state index in [1.54, 1.807) is 18.2 Å². The fourth-order valence-corrected chi connectivity index (χ4v) is 2.44. The first-order valence-electron chi connectivity index (χ1n) is 8.45. The van der Waals surface area contributed by atoms with Gasteiger partial charge in [0.2, 0.25) is 0 Å². The minimum atomic E-state index is -0.706. The molecular formula is C20H22N2O5. The van der Waals surface area contributed by atoms with Crippen LogP contribution in [0.15, 0.2) is 48.5 Å². The van der Waals surface area contributed by atoms with Crippen molar-refractivity contribution in [1.29, 1.82) is 0 Å². The van der Waals surface area contributed by atoms with E-state index in [0.29, 0.717) is 5.69 Å². The molecule has 0 bridgehead atoms. The largest absolute Gasteiger partial charge is 0.455 e. The van der Waals surface area contributed by atoms with E-state index in [0.717, 1.165) is 5.56 Å². The summed E-state index contributed by atoms with van der Waals surface area (Å²) in [4.78, 5) is 34.2. The van der Waals surface area contributed by atoms with Crippen molar-refractivity contribution in [2.45, 2.75) is 32.6 Å². The van der Waals surface area contributed by atoms with Crippen LogP contribution in [0.2, 0.25) is 0 Å². The third kappa shape index (κ3) is 5.91. The molecule has 7 heteroatoms. The Balaban J connectivity index is 1.87. The minimum absolute atomic E-state index is 0.0120. The van der Waals surface area contributed by atoms with E-state index in [1.807, 2.05) is 12.1 Å². The number of carbonyl (C=O) groups is 2. The number of esters is 1. The summed E-state index contributed by atoms with van der Waals surface area (Å²) in [6.07, 6.45) is -0.273. The van der Waals surface area contributed by atoms with Crippen LogP contribution < -0.4 is 5.32 Å². The van der Waals surface area contributed by atoms with Crippen LogP contribution in [0, 0.1) is 10.1 Å². The van der Waals surface area contributed by atoms with E-state index in [4.69, 9.17) is 4.74 Å². The van der Waals surface area contributed by atoms with Crippen LogP contribution in [0.1, 0.15) is 31.9 Å². The number of hydrogen-bond donors (Lipinski definition) is 1. The molecule has 0 aromatic heterocycles. The van der Waals surface area contributed by atoms with Gasteiger partial charge in [-0.05, 0) is 23.1 Å². The smallest absolute Gasteiger partial charge is 0.311 e. The molecule has 142 valence electrons. The van der Waals surface area contributed by atoms with Gasteiger partial charge in [0.15, 0.2) is 6.61 Å². The monoisotopic (exact) mass is 370 g/mol. The lowest BCUT2D eigenvalue weighted by Crippen LogP contribution is -2.22. The Labute approximate surface area is 157 Å². The van der Waals surface area contributed by atoms with Gasteiger partial charge in [-0.3, -0.25) is 19.7 Å². The van der Waals surface area contributed by atoms with Crippen molar-refractivity contribution in [2.24, 2.45) is 0 Å². The van der Waals surface area contributed by atoms with E-state index < -0.39 is 23.4 Å². The summed E-state index contributed by atoms with van der Waals surface area (Å²) in [6.45, 7) is 5.83. The average molecular weight is 370 g/mol. The van der Waals surface area contributed by atoms with E-state index in [1.165, 1.54) is 18.2 Å². The van der Waals surface area contributed by atoms with Crippen LogP contribution in [-0.4, -0.2) is 23.4 Å². The number of benzene rings is 2. The molecule has 2 aromatic carbocycles. The zero-order valence-corrected chi connectivity index (χ0v) is 15.5. The molecule has 0 radical (unpaired) electrons. The zero-order chi connectivity index (χ0) is 20.0. The van der Waals surface area contributed by atoms with Crippen LogP contribution in [0.3, 0.4) is 0 Å². The molecular weight excluding hydrogens is 348 g/mol. The van der Waals surface area contributed by atoms with Gasteiger partial charge in [-0.1, -0.05) is 51.1 Å². The number of para-hydroxylation sites is 1. The number of hydrogen-bond acceptors (Lipinski definition) is 5. The summed E-state index contributed by atoms with van der Waals surface area (Å²) in [5.74, 6) is -1.18. The second kappa shape index (κ2) is 8.44. The summed E-state index contributed by atoms with van der Waals surface area (Å²) >= 11 is 0. The Bertz CT molecular complexity index is 838. The number of nitrogens with zero attached hydrogens (tertiary/aromatic N) is 1. The molecule has 0 spiro atoms. The molecule has 7 nitrogen and oxygen atoms in total.